The molecule has 1 aliphatic rings. The molecule has 3 rings (SSSR count). The van der Waals surface area contributed by atoms with E-state index in [0.717, 1.165) is 5.69 Å². The first kappa shape index (κ1) is 13.5. The number of hydrogen-bond acceptors (Lipinski definition) is 4. The lowest BCUT2D eigenvalue weighted by molar-refractivity contribution is -0.117. The second kappa shape index (κ2) is 5.49. The van der Waals surface area contributed by atoms with E-state index < -0.39 is 0 Å². The lowest BCUT2D eigenvalue weighted by atomic mass is 10.2. The highest BCUT2D eigenvalue weighted by atomic mass is 32.1. The maximum Gasteiger partial charge on any atom is 0.255 e. The minimum absolute atomic E-state index is 0.0530. The maximum atomic E-state index is 12.0. The molecule has 106 valence electrons. The number of nitrogens with one attached hydrogen (secondary N) is 1. The average molecular weight is 299 g/mol. The number of benzene rings is 1. The van der Waals surface area contributed by atoms with Crippen molar-refractivity contribution in [2.75, 3.05) is 4.90 Å². The molecule has 21 heavy (non-hydrogen) atoms. The van der Waals surface area contributed by atoms with Gasteiger partial charge in [0.05, 0.1) is 5.69 Å². The predicted octanol–water partition coefficient (Wildman–Crippen LogP) is 2.48. The molecule has 1 aromatic carbocycles. The van der Waals surface area contributed by atoms with E-state index >= 15 is 0 Å². The number of ether oxygens (including phenoxy) is 1. The summed E-state index contributed by atoms with van der Waals surface area (Å²) in [4.78, 5) is 17.5. The molecule has 1 fully saturated rings. The molecule has 1 amide bonds. The molecule has 0 spiro atoms. The first-order chi connectivity index (χ1) is 10.1. The Kier molecular flexibility index (Phi) is 3.53. The molecule has 1 N–H and O–H groups in total. The highest BCUT2D eigenvalue weighted by molar-refractivity contribution is 7.80. The van der Waals surface area contributed by atoms with Crippen LogP contribution >= 0.6 is 12.2 Å². The summed E-state index contributed by atoms with van der Waals surface area (Å²) in [5.41, 5.74) is 0.726. The molecule has 1 aliphatic heterocycles. The Morgan fingerprint density at radius 2 is 1.76 bits per heavy atom. The van der Waals surface area contributed by atoms with Gasteiger partial charge in [0, 0.05) is 12.4 Å². The summed E-state index contributed by atoms with van der Waals surface area (Å²) in [5, 5.41) is 3.37. The number of aromatic nitrogens is 1. The SMILES string of the molecule is C[C@@H]1NC(=S)N(c2ccc(Oc3ccncc3)cc2)C1=O. The summed E-state index contributed by atoms with van der Waals surface area (Å²) < 4.78 is 5.68. The van der Waals surface area contributed by atoms with Gasteiger partial charge in [-0.2, -0.15) is 0 Å². The second-order valence-electron chi connectivity index (χ2n) is 4.62. The van der Waals surface area contributed by atoms with Gasteiger partial charge in [0.15, 0.2) is 5.11 Å². The number of thiocarbonyl (C=S) groups is 1. The van der Waals surface area contributed by atoms with Crippen molar-refractivity contribution in [2.45, 2.75) is 13.0 Å². The Hall–Kier alpha value is -2.47. The van der Waals surface area contributed by atoms with Crippen molar-refractivity contribution < 1.29 is 9.53 Å². The zero-order valence-electron chi connectivity index (χ0n) is 11.3. The summed E-state index contributed by atoms with van der Waals surface area (Å²) in [5.74, 6) is 1.34. The zero-order valence-corrected chi connectivity index (χ0v) is 12.1. The summed E-state index contributed by atoms with van der Waals surface area (Å²) in [6, 6.07) is 10.5. The van der Waals surface area contributed by atoms with E-state index in [0.29, 0.717) is 16.6 Å². The molecular formula is C15H13N3O2S. The van der Waals surface area contributed by atoms with E-state index in [9.17, 15) is 4.79 Å². The normalized spacial score (nSPS) is 17.8. The van der Waals surface area contributed by atoms with E-state index in [1.54, 1.807) is 55.7 Å². The largest absolute Gasteiger partial charge is 0.457 e. The molecule has 6 heteroatoms. The fourth-order valence-corrected chi connectivity index (χ4v) is 2.43. The highest BCUT2D eigenvalue weighted by Gasteiger charge is 2.33. The fraction of sp³-hybridized carbons (Fsp3) is 0.133. The first-order valence-corrected chi connectivity index (χ1v) is 6.88. The second-order valence-corrected chi connectivity index (χ2v) is 5.01. The van der Waals surface area contributed by atoms with Crippen molar-refractivity contribution in [3.8, 4) is 11.5 Å². The predicted molar refractivity (Wildman–Crippen MR) is 83.4 cm³/mol. The molecule has 0 radical (unpaired) electrons. The molecule has 0 saturated carbocycles. The minimum atomic E-state index is -0.287. The monoisotopic (exact) mass is 299 g/mol. The van der Waals surface area contributed by atoms with Crippen LogP contribution in [0.5, 0.6) is 11.5 Å². The molecule has 0 unspecified atom stereocenters. The van der Waals surface area contributed by atoms with Crippen LogP contribution in [0.4, 0.5) is 5.69 Å². The minimum Gasteiger partial charge on any atom is -0.457 e. The topological polar surface area (TPSA) is 54.5 Å². The van der Waals surface area contributed by atoms with Crippen LogP contribution in [0, 0.1) is 0 Å². The number of hydrogen-bond donors (Lipinski definition) is 1. The molecule has 1 atom stereocenters. The van der Waals surface area contributed by atoms with Gasteiger partial charge in [-0.3, -0.25) is 14.7 Å². The van der Waals surface area contributed by atoms with Gasteiger partial charge in [0.25, 0.3) is 5.91 Å². The number of rotatable bonds is 3. The van der Waals surface area contributed by atoms with E-state index in [-0.39, 0.29) is 11.9 Å². The Morgan fingerprint density at radius 3 is 2.33 bits per heavy atom. The van der Waals surface area contributed by atoms with Crippen LogP contribution in [0.25, 0.3) is 0 Å². The van der Waals surface area contributed by atoms with Gasteiger partial charge in [-0.15, -0.1) is 0 Å². The Labute approximate surface area is 127 Å². The van der Waals surface area contributed by atoms with Crippen LogP contribution in [0.2, 0.25) is 0 Å². The summed E-state index contributed by atoms with van der Waals surface area (Å²) in [7, 11) is 0. The average Bonchev–Trinajstić information content (AvgIpc) is 2.74. The van der Waals surface area contributed by atoms with Crippen molar-refractivity contribution in [3.05, 3.63) is 48.8 Å². The Bertz CT molecular complexity index is 673. The van der Waals surface area contributed by atoms with Crippen LogP contribution in [0.3, 0.4) is 0 Å². The highest BCUT2D eigenvalue weighted by Crippen LogP contribution is 2.25. The number of pyridine rings is 1. The van der Waals surface area contributed by atoms with Crippen LogP contribution in [0.15, 0.2) is 48.8 Å². The van der Waals surface area contributed by atoms with Crippen molar-refractivity contribution in [1.82, 2.24) is 10.3 Å². The van der Waals surface area contributed by atoms with Gasteiger partial charge in [-0.05, 0) is 55.5 Å². The van der Waals surface area contributed by atoms with Gasteiger partial charge in [0.2, 0.25) is 0 Å². The molecular weight excluding hydrogens is 286 g/mol. The number of anilines is 1. The number of carbonyl (C=O) groups is 1. The standard InChI is InChI=1S/C15H13N3O2S/c1-10-14(19)18(15(21)17-10)11-2-4-12(5-3-11)20-13-6-8-16-9-7-13/h2-10H,1H3,(H,17,21)/t10-/m0/s1. The van der Waals surface area contributed by atoms with Gasteiger partial charge < -0.3 is 10.1 Å². The Morgan fingerprint density at radius 1 is 1.14 bits per heavy atom. The van der Waals surface area contributed by atoms with E-state index in [2.05, 4.69) is 10.3 Å². The van der Waals surface area contributed by atoms with Crippen LogP contribution in [-0.2, 0) is 4.79 Å². The number of nitrogens with zero attached hydrogens (tertiary/aromatic N) is 2. The fourth-order valence-electron chi connectivity index (χ4n) is 2.06. The van der Waals surface area contributed by atoms with Crippen LogP contribution in [-0.4, -0.2) is 22.0 Å². The Balaban J connectivity index is 1.78. The molecule has 1 saturated heterocycles. The van der Waals surface area contributed by atoms with Crippen molar-refractivity contribution in [1.29, 1.82) is 0 Å². The summed E-state index contributed by atoms with van der Waals surface area (Å²) in [6.07, 6.45) is 3.33. The maximum absolute atomic E-state index is 12.0. The van der Waals surface area contributed by atoms with Crippen LogP contribution < -0.4 is 15.0 Å². The first-order valence-electron chi connectivity index (χ1n) is 6.47. The van der Waals surface area contributed by atoms with Crippen LogP contribution in [0.1, 0.15) is 6.92 Å². The molecule has 0 aliphatic carbocycles. The quantitative estimate of drug-likeness (QED) is 0.883. The third-order valence-electron chi connectivity index (χ3n) is 3.11. The lowest BCUT2D eigenvalue weighted by Crippen LogP contribution is -2.30. The smallest absolute Gasteiger partial charge is 0.255 e. The third kappa shape index (κ3) is 2.71. The summed E-state index contributed by atoms with van der Waals surface area (Å²) >= 11 is 5.17. The zero-order chi connectivity index (χ0) is 14.8. The molecule has 1 aromatic heterocycles. The van der Waals surface area contributed by atoms with Crippen molar-refractivity contribution in [3.63, 3.8) is 0 Å². The molecule has 0 bridgehead atoms. The van der Waals surface area contributed by atoms with E-state index in [1.807, 2.05) is 0 Å². The molecule has 2 heterocycles. The third-order valence-corrected chi connectivity index (χ3v) is 3.41. The summed E-state index contributed by atoms with van der Waals surface area (Å²) in [6.45, 7) is 1.79. The van der Waals surface area contributed by atoms with Crippen molar-refractivity contribution in [2.24, 2.45) is 0 Å². The van der Waals surface area contributed by atoms with Gasteiger partial charge in [-0.25, -0.2) is 0 Å². The number of amides is 1. The van der Waals surface area contributed by atoms with E-state index in [1.165, 1.54) is 4.90 Å². The van der Waals surface area contributed by atoms with Gasteiger partial charge in [-0.1, -0.05) is 0 Å². The molecule has 5 nitrogen and oxygen atoms in total. The lowest BCUT2D eigenvalue weighted by Gasteiger charge is -2.15. The van der Waals surface area contributed by atoms with Gasteiger partial charge in [0.1, 0.15) is 17.5 Å². The number of carbonyl (C=O) groups excluding carboxylic acids is 1. The van der Waals surface area contributed by atoms with E-state index in [4.69, 9.17) is 17.0 Å². The van der Waals surface area contributed by atoms with Crippen molar-refractivity contribution >= 4 is 28.9 Å². The molecule has 2 aromatic rings. The van der Waals surface area contributed by atoms with Gasteiger partial charge >= 0.3 is 0 Å².